The number of nitrogens with zero attached hydrogens (tertiary/aromatic N) is 3. The molecule has 1 aromatic heterocycles. The molecule has 2 aromatic carbocycles. The van der Waals surface area contributed by atoms with Crippen molar-refractivity contribution >= 4 is 41.0 Å². The highest BCUT2D eigenvalue weighted by Gasteiger charge is 2.47. The van der Waals surface area contributed by atoms with E-state index in [1.54, 1.807) is 23.0 Å². The zero-order valence-corrected chi connectivity index (χ0v) is 22.4. The minimum atomic E-state index is -0.543. The maximum Gasteiger partial charge on any atom is 0.327 e. The third kappa shape index (κ3) is 4.86. The number of nitrogens with one attached hydrogen (secondary N) is 3. The molecule has 0 saturated carbocycles. The Morgan fingerprint density at radius 3 is 2.74 bits per heavy atom. The predicted octanol–water partition coefficient (Wildman–Crippen LogP) is 3.45. The van der Waals surface area contributed by atoms with Crippen molar-refractivity contribution in [2.75, 3.05) is 31.6 Å². The molecule has 0 spiro atoms. The summed E-state index contributed by atoms with van der Waals surface area (Å²) in [6.07, 6.45) is 3.34. The maximum atomic E-state index is 13.5. The van der Waals surface area contributed by atoms with Gasteiger partial charge in [-0.05, 0) is 49.2 Å². The number of anilines is 2. The molecule has 3 aromatic rings. The largest absolute Gasteiger partial charge is 0.351 e. The molecule has 0 radical (unpaired) electrons. The lowest BCUT2D eigenvalue weighted by atomic mass is 9.98. The highest BCUT2D eigenvalue weighted by molar-refractivity contribution is 8.01. The molecular formula is C29H30N6O3S. The quantitative estimate of drug-likeness (QED) is 0.441. The Kier molecular flexibility index (Phi) is 6.97. The van der Waals surface area contributed by atoms with E-state index in [0.29, 0.717) is 13.1 Å². The topological polar surface area (TPSA) is 107 Å². The molecule has 2 unspecified atom stereocenters. The summed E-state index contributed by atoms with van der Waals surface area (Å²) in [5.74, 6) is -0.120. The van der Waals surface area contributed by atoms with Gasteiger partial charge in [0.05, 0.1) is 24.0 Å². The molecule has 200 valence electrons. The number of hydrogen-bond donors (Lipinski definition) is 3. The number of amides is 4. The summed E-state index contributed by atoms with van der Waals surface area (Å²) in [4.78, 5) is 47.4. The second-order valence-corrected chi connectivity index (χ2v) is 11.1. The second kappa shape index (κ2) is 10.7. The van der Waals surface area contributed by atoms with Gasteiger partial charge in [0.25, 0.3) is 0 Å². The Bertz CT molecular complexity index is 1420. The first-order valence-electron chi connectivity index (χ1n) is 13.2. The summed E-state index contributed by atoms with van der Waals surface area (Å²) < 4.78 is 0. The lowest BCUT2D eigenvalue weighted by Crippen LogP contribution is -2.54. The molecule has 3 aliphatic rings. The molecule has 10 heteroatoms. The number of pyridine rings is 1. The maximum absolute atomic E-state index is 13.5. The van der Waals surface area contributed by atoms with Gasteiger partial charge in [0.1, 0.15) is 10.3 Å². The summed E-state index contributed by atoms with van der Waals surface area (Å²) in [6, 6.07) is 18.9. The van der Waals surface area contributed by atoms with Gasteiger partial charge in [-0.2, -0.15) is 0 Å². The standard InChI is InChI=1S/C29H30N6O3S/c1-30-16-23(36)34-14-6-10-20(17-34)32-27(37)26-25-24-22(12-13-31-28(24)39-26)35(29(38)33-25)21-11-5-9-19(15-21)18-7-3-2-4-8-18/h2-5,7-9,11-13,15,20,25-26,30H,6,10,14,16-17H2,1H3,(H,32,37)(H,33,38)/t20?,25?,26-/m1/s1. The molecule has 3 atom stereocenters. The van der Waals surface area contributed by atoms with Crippen molar-refractivity contribution in [2.24, 2.45) is 0 Å². The SMILES string of the molecule is CNCC(=O)N1CCCC(NC(=O)[C@@H]2Sc3nccc4c3C2NC(=O)N4c2cccc(-c3ccccc3)c2)C1. The van der Waals surface area contributed by atoms with Crippen LogP contribution in [-0.2, 0) is 9.59 Å². The highest BCUT2D eigenvalue weighted by atomic mass is 32.2. The summed E-state index contributed by atoms with van der Waals surface area (Å²) >= 11 is 1.38. The molecule has 9 nitrogen and oxygen atoms in total. The first-order chi connectivity index (χ1) is 19.0. The molecule has 1 fully saturated rings. The van der Waals surface area contributed by atoms with Crippen LogP contribution in [0, 0.1) is 0 Å². The van der Waals surface area contributed by atoms with Crippen LogP contribution in [-0.4, -0.2) is 65.7 Å². The van der Waals surface area contributed by atoms with E-state index in [4.69, 9.17) is 0 Å². The number of likely N-dealkylation sites (N-methyl/N-ethyl adjacent to an activating group) is 1. The Hall–Kier alpha value is -3.89. The van der Waals surface area contributed by atoms with E-state index >= 15 is 0 Å². The number of carbonyl (C=O) groups is 3. The van der Waals surface area contributed by atoms with E-state index in [1.165, 1.54) is 11.8 Å². The first-order valence-corrected chi connectivity index (χ1v) is 14.1. The number of thioether (sulfide) groups is 1. The van der Waals surface area contributed by atoms with Gasteiger partial charge in [-0.25, -0.2) is 9.78 Å². The molecular weight excluding hydrogens is 512 g/mol. The van der Waals surface area contributed by atoms with Crippen molar-refractivity contribution in [3.05, 3.63) is 72.4 Å². The van der Waals surface area contributed by atoms with Gasteiger partial charge in [-0.3, -0.25) is 14.5 Å². The van der Waals surface area contributed by atoms with Crippen molar-refractivity contribution < 1.29 is 14.4 Å². The Morgan fingerprint density at radius 1 is 1.10 bits per heavy atom. The number of hydrogen-bond acceptors (Lipinski definition) is 6. The van der Waals surface area contributed by atoms with Crippen LogP contribution in [0.3, 0.4) is 0 Å². The van der Waals surface area contributed by atoms with E-state index in [9.17, 15) is 14.4 Å². The van der Waals surface area contributed by atoms with Crippen molar-refractivity contribution in [3.63, 3.8) is 0 Å². The van der Waals surface area contributed by atoms with Crippen molar-refractivity contribution in [3.8, 4) is 11.1 Å². The second-order valence-electron chi connectivity index (χ2n) is 9.98. The Morgan fingerprint density at radius 2 is 1.92 bits per heavy atom. The van der Waals surface area contributed by atoms with E-state index in [1.807, 2.05) is 60.7 Å². The summed E-state index contributed by atoms with van der Waals surface area (Å²) in [5.41, 5.74) is 4.42. The lowest BCUT2D eigenvalue weighted by molar-refractivity contribution is -0.132. The van der Waals surface area contributed by atoms with Crippen molar-refractivity contribution in [2.45, 2.75) is 35.2 Å². The monoisotopic (exact) mass is 542 g/mol. The van der Waals surface area contributed by atoms with Gasteiger partial charge in [0.2, 0.25) is 11.8 Å². The average molecular weight is 543 g/mol. The number of urea groups is 1. The van der Waals surface area contributed by atoms with Crippen molar-refractivity contribution in [1.82, 2.24) is 25.8 Å². The van der Waals surface area contributed by atoms with Crippen LogP contribution in [0.15, 0.2) is 71.9 Å². The van der Waals surface area contributed by atoms with Crippen LogP contribution in [0.5, 0.6) is 0 Å². The third-order valence-electron chi connectivity index (χ3n) is 7.42. The van der Waals surface area contributed by atoms with E-state index in [2.05, 4.69) is 20.9 Å². The van der Waals surface area contributed by atoms with Crippen LogP contribution >= 0.6 is 11.8 Å². The number of rotatable bonds is 6. The molecule has 0 bridgehead atoms. The average Bonchev–Trinajstić information content (AvgIpc) is 3.33. The molecule has 3 N–H and O–H groups in total. The molecule has 4 amide bonds. The van der Waals surface area contributed by atoms with Gasteiger partial charge >= 0.3 is 6.03 Å². The Balaban J connectivity index is 1.23. The van der Waals surface area contributed by atoms with E-state index in [0.717, 1.165) is 45.9 Å². The van der Waals surface area contributed by atoms with Crippen LogP contribution in [0.25, 0.3) is 11.1 Å². The normalized spacial score (nSPS) is 21.8. The summed E-state index contributed by atoms with van der Waals surface area (Å²) in [5, 5.41) is 9.34. The number of benzene rings is 2. The zero-order chi connectivity index (χ0) is 26.9. The number of aromatic nitrogens is 1. The number of carbonyl (C=O) groups excluding carboxylic acids is 3. The molecule has 39 heavy (non-hydrogen) atoms. The van der Waals surface area contributed by atoms with Gasteiger partial charge < -0.3 is 20.9 Å². The fourth-order valence-corrected chi connectivity index (χ4v) is 6.84. The lowest BCUT2D eigenvalue weighted by Gasteiger charge is -2.36. The summed E-state index contributed by atoms with van der Waals surface area (Å²) in [6.45, 7) is 1.47. The molecule has 4 heterocycles. The minimum Gasteiger partial charge on any atom is -0.351 e. The molecule has 1 saturated heterocycles. The smallest absolute Gasteiger partial charge is 0.327 e. The molecule has 0 aliphatic carbocycles. The molecule has 6 rings (SSSR count). The van der Waals surface area contributed by atoms with Gasteiger partial charge in [0.15, 0.2) is 0 Å². The zero-order valence-electron chi connectivity index (χ0n) is 21.6. The number of likely N-dealkylation sites (tertiary alicyclic amines) is 1. The minimum absolute atomic E-state index is 0.0314. The van der Waals surface area contributed by atoms with Crippen LogP contribution in [0.1, 0.15) is 24.4 Å². The molecule has 3 aliphatic heterocycles. The predicted molar refractivity (Wildman–Crippen MR) is 151 cm³/mol. The van der Waals surface area contributed by atoms with Crippen LogP contribution in [0.2, 0.25) is 0 Å². The third-order valence-corrected chi connectivity index (χ3v) is 8.71. The number of piperidine rings is 1. The first kappa shape index (κ1) is 25.4. The van der Waals surface area contributed by atoms with Crippen LogP contribution < -0.4 is 20.9 Å². The van der Waals surface area contributed by atoms with Gasteiger partial charge in [-0.15, -0.1) is 0 Å². The van der Waals surface area contributed by atoms with Gasteiger partial charge in [0, 0.05) is 30.9 Å². The van der Waals surface area contributed by atoms with E-state index < -0.39 is 11.3 Å². The van der Waals surface area contributed by atoms with E-state index in [-0.39, 0.29) is 30.4 Å². The van der Waals surface area contributed by atoms with Crippen LogP contribution in [0.4, 0.5) is 16.2 Å². The van der Waals surface area contributed by atoms with Crippen molar-refractivity contribution in [1.29, 1.82) is 0 Å². The Labute approximate surface area is 231 Å². The fourth-order valence-electron chi connectivity index (χ4n) is 5.60. The highest BCUT2D eigenvalue weighted by Crippen LogP contribution is 2.50. The van der Waals surface area contributed by atoms with Gasteiger partial charge in [-0.1, -0.05) is 54.2 Å². The summed E-state index contributed by atoms with van der Waals surface area (Å²) in [7, 11) is 1.75. The fraction of sp³-hybridized carbons (Fsp3) is 0.310.